The lowest BCUT2D eigenvalue weighted by Gasteiger charge is -2.10. The van der Waals surface area contributed by atoms with Gasteiger partial charge in [0.05, 0.1) is 4.92 Å². The molecule has 21 heavy (non-hydrogen) atoms. The van der Waals surface area contributed by atoms with Crippen molar-refractivity contribution in [2.75, 3.05) is 5.43 Å². The minimum atomic E-state index is -0.606. The average Bonchev–Trinajstić information content (AvgIpc) is 2.41. The number of ether oxygens (including phenoxy) is 1. The quantitative estimate of drug-likeness (QED) is 0.506. The molecule has 0 fully saturated rings. The second kappa shape index (κ2) is 5.90. The number of nitrogens with two attached hydrogens (primary N) is 1. The van der Waals surface area contributed by atoms with Gasteiger partial charge in [-0.05, 0) is 31.5 Å². The molecule has 0 saturated heterocycles. The summed E-state index contributed by atoms with van der Waals surface area (Å²) in [6, 6.07) is 4.98. The lowest BCUT2D eigenvalue weighted by molar-refractivity contribution is -0.386. The van der Waals surface area contributed by atoms with E-state index in [9.17, 15) is 10.1 Å². The van der Waals surface area contributed by atoms with Gasteiger partial charge in [0.25, 0.3) is 0 Å². The summed E-state index contributed by atoms with van der Waals surface area (Å²) >= 11 is 5.90. The van der Waals surface area contributed by atoms with Crippen molar-refractivity contribution in [3.8, 4) is 11.6 Å². The van der Waals surface area contributed by atoms with Crippen LogP contribution in [0.2, 0.25) is 5.02 Å². The fraction of sp³-hybridized carbons (Fsp3) is 0.167. The van der Waals surface area contributed by atoms with Gasteiger partial charge in [-0.25, -0.2) is 10.8 Å². The molecule has 0 saturated carbocycles. The van der Waals surface area contributed by atoms with E-state index in [1.54, 1.807) is 25.1 Å². The lowest BCUT2D eigenvalue weighted by atomic mass is 10.2. The summed E-state index contributed by atoms with van der Waals surface area (Å²) in [5.41, 5.74) is 2.80. The second-order valence-electron chi connectivity index (χ2n) is 4.20. The van der Waals surface area contributed by atoms with E-state index in [-0.39, 0.29) is 23.2 Å². The number of anilines is 1. The summed E-state index contributed by atoms with van der Waals surface area (Å²) in [4.78, 5) is 18.3. The highest BCUT2D eigenvalue weighted by atomic mass is 35.5. The van der Waals surface area contributed by atoms with Crippen LogP contribution >= 0.6 is 11.6 Å². The number of hydrogen-bond acceptors (Lipinski definition) is 7. The molecule has 3 N–H and O–H groups in total. The van der Waals surface area contributed by atoms with Crippen LogP contribution in [-0.2, 0) is 0 Å². The maximum atomic E-state index is 11.2. The fourth-order valence-electron chi connectivity index (χ4n) is 1.67. The van der Waals surface area contributed by atoms with Crippen LogP contribution in [-0.4, -0.2) is 14.9 Å². The summed E-state index contributed by atoms with van der Waals surface area (Å²) in [6.45, 7) is 3.26. The first-order valence-electron chi connectivity index (χ1n) is 5.86. The Morgan fingerprint density at radius 3 is 2.71 bits per heavy atom. The van der Waals surface area contributed by atoms with Gasteiger partial charge in [-0.1, -0.05) is 17.7 Å². The van der Waals surface area contributed by atoms with Crippen molar-refractivity contribution in [3.63, 3.8) is 0 Å². The van der Waals surface area contributed by atoms with Gasteiger partial charge in [0.2, 0.25) is 5.95 Å². The number of aromatic nitrogens is 2. The molecule has 0 amide bonds. The van der Waals surface area contributed by atoms with E-state index in [1.165, 1.54) is 6.92 Å². The van der Waals surface area contributed by atoms with Crippen LogP contribution in [0.25, 0.3) is 0 Å². The molecule has 2 aromatic rings. The number of hydrogen-bond donors (Lipinski definition) is 2. The van der Waals surface area contributed by atoms with E-state index in [2.05, 4.69) is 15.4 Å². The van der Waals surface area contributed by atoms with Crippen molar-refractivity contribution < 1.29 is 9.66 Å². The predicted octanol–water partition coefficient (Wildman–Crippen LogP) is 2.73. The van der Waals surface area contributed by atoms with E-state index >= 15 is 0 Å². The molecule has 0 aliphatic rings. The highest BCUT2D eigenvalue weighted by Crippen LogP contribution is 2.34. The number of nitrogens with zero attached hydrogens (tertiary/aromatic N) is 3. The zero-order valence-electron chi connectivity index (χ0n) is 11.3. The number of aryl methyl sites for hydroxylation is 2. The first kappa shape index (κ1) is 14.9. The Balaban J connectivity index is 2.54. The Labute approximate surface area is 125 Å². The first-order chi connectivity index (χ1) is 9.92. The van der Waals surface area contributed by atoms with Crippen molar-refractivity contribution in [1.29, 1.82) is 0 Å². The molecule has 0 radical (unpaired) electrons. The SMILES string of the molecule is Cc1ccc(Cl)cc1Oc1nc(NN)nc(C)c1[N+](=O)[O-]. The molecular formula is C12H12ClN5O3. The summed E-state index contributed by atoms with van der Waals surface area (Å²) in [5.74, 6) is 5.43. The van der Waals surface area contributed by atoms with E-state index in [0.717, 1.165) is 5.56 Å². The molecule has 2 rings (SSSR count). The van der Waals surface area contributed by atoms with Crippen molar-refractivity contribution in [2.24, 2.45) is 5.84 Å². The van der Waals surface area contributed by atoms with Gasteiger partial charge in [0.1, 0.15) is 11.4 Å². The number of hydrazine groups is 1. The molecule has 0 unspecified atom stereocenters. The molecule has 0 spiro atoms. The minimum absolute atomic E-state index is 0.0211. The third kappa shape index (κ3) is 3.18. The third-order valence-corrected chi connectivity index (χ3v) is 2.93. The van der Waals surface area contributed by atoms with E-state index < -0.39 is 4.92 Å². The number of nitrogens with one attached hydrogen (secondary N) is 1. The van der Waals surface area contributed by atoms with E-state index in [1.807, 2.05) is 0 Å². The maximum Gasteiger partial charge on any atom is 0.352 e. The Hall–Kier alpha value is -2.45. The second-order valence-corrected chi connectivity index (χ2v) is 4.64. The molecule has 110 valence electrons. The van der Waals surface area contributed by atoms with Gasteiger partial charge in [-0.15, -0.1) is 0 Å². The number of halogens is 1. The van der Waals surface area contributed by atoms with Gasteiger partial charge >= 0.3 is 11.6 Å². The smallest absolute Gasteiger partial charge is 0.352 e. The average molecular weight is 310 g/mol. The Kier molecular flexibility index (Phi) is 4.20. The minimum Gasteiger partial charge on any atom is -0.433 e. The topological polar surface area (TPSA) is 116 Å². The van der Waals surface area contributed by atoms with E-state index in [4.69, 9.17) is 22.2 Å². The number of benzene rings is 1. The lowest BCUT2D eigenvalue weighted by Crippen LogP contribution is -2.12. The molecule has 1 aromatic heterocycles. The van der Waals surface area contributed by atoms with Crippen molar-refractivity contribution in [1.82, 2.24) is 9.97 Å². The van der Waals surface area contributed by atoms with Gasteiger partial charge in [-0.2, -0.15) is 4.98 Å². The first-order valence-corrected chi connectivity index (χ1v) is 6.24. The number of rotatable bonds is 4. The van der Waals surface area contributed by atoms with Crippen LogP contribution in [0.15, 0.2) is 18.2 Å². The molecule has 9 heteroatoms. The molecule has 0 aliphatic carbocycles. The van der Waals surface area contributed by atoms with Crippen LogP contribution in [0.1, 0.15) is 11.3 Å². The Morgan fingerprint density at radius 2 is 2.10 bits per heavy atom. The number of nitro groups is 1. The summed E-state index contributed by atoms with van der Waals surface area (Å²) in [5, 5.41) is 11.6. The Morgan fingerprint density at radius 1 is 1.38 bits per heavy atom. The predicted molar refractivity (Wildman–Crippen MR) is 77.5 cm³/mol. The largest absolute Gasteiger partial charge is 0.433 e. The normalized spacial score (nSPS) is 10.3. The van der Waals surface area contributed by atoms with Crippen molar-refractivity contribution >= 4 is 23.2 Å². The molecule has 8 nitrogen and oxygen atoms in total. The Bertz CT molecular complexity index is 708. The van der Waals surface area contributed by atoms with Gasteiger partial charge in [0.15, 0.2) is 0 Å². The highest BCUT2D eigenvalue weighted by molar-refractivity contribution is 6.30. The molecule has 0 bridgehead atoms. The highest BCUT2D eigenvalue weighted by Gasteiger charge is 2.24. The fourth-order valence-corrected chi connectivity index (χ4v) is 1.84. The standard InChI is InChI=1S/C12H12ClN5O3/c1-6-3-4-8(13)5-9(6)21-11-10(18(19)20)7(2)15-12(16-11)17-14/h3-5H,14H2,1-2H3,(H,15,16,17). The third-order valence-electron chi connectivity index (χ3n) is 2.69. The monoisotopic (exact) mass is 309 g/mol. The van der Waals surface area contributed by atoms with Crippen molar-refractivity contribution in [3.05, 3.63) is 44.6 Å². The summed E-state index contributed by atoms with van der Waals surface area (Å²) in [7, 11) is 0. The molecule has 1 aromatic carbocycles. The summed E-state index contributed by atoms with van der Waals surface area (Å²) < 4.78 is 5.53. The van der Waals surface area contributed by atoms with Crippen LogP contribution in [0, 0.1) is 24.0 Å². The molecule has 0 atom stereocenters. The van der Waals surface area contributed by atoms with Crippen LogP contribution in [0.5, 0.6) is 11.6 Å². The number of nitrogen functional groups attached to an aromatic ring is 1. The zero-order chi connectivity index (χ0) is 15.6. The van der Waals surface area contributed by atoms with Crippen LogP contribution in [0.3, 0.4) is 0 Å². The van der Waals surface area contributed by atoms with Gasteiger partial charge in [-0.3, -0.25) is 15.5 Å². The van der Waals surface area contributed by atoms with Crippen LogP contribution in [0.4, 0.5) is 11.6 Å². The molecule has 0 aliphatic heterocycles. The van der Waals surface area contributed by atoms with Gasteiger partial charge < -0.3 is 4.74 Å². The summed E-state index contributed by atoms with van der Waals surface area (Å²) in [6.07, 6.45) is 0. The van der Waals surface area contributed by atoms with Gasteiger partial charge in [0, 0.05) is 5.02 Å². The van der Waals surface area contributed by atoms with Crippen molar-refractivity contribution in [2.45, 2.75) is 13.8 Å². The zero-order valence-corrected chi connectivity index (χ0v) is 12.0. The molecular weight excluding hydrogens is 298 g/mol. The van der Waals surface area contributed by atoms with Crippen LogP contribution < -0.4 is 16.0 Å². The maximum absolute atomic E-state index is 11.2. The molecule has 1 heterocycles. The van der Waals surface area contributed by atoms with E-state index in [0.29, 0.717) is 10.8 Å².